The fourth-order valence-corrected chi connectivity index (χ4v) is 2.33. The van der Waals surface area contributed by atoms with Gasteiger partial charge in [-0.15, -0.1) is 0 Å². The number of carboxylic acid groups (broad SMARTS) is 1. The number of halogens is 1. The van der Waals surface area contributed by atoms with Crippen molar-refractivity contribution in [2.75, 3.05) is 0 Å². The third-order valence-electron chi connectivity index (χ3n) is 3.60. The fraction of sp³-hybridized carbons (Fsp3) is 0.357. The van der Waals surface area contributed by atoms with Gasteiger partial charge in [-0.1, -0.05) is 12.8 Å². The smallest absolute Gasteiger partial charge is 0.326 e. The van der Waals surface area contributed by atoms with Gasteiger partial charge in [0.05, 0.1) is 17.4 Å². The quantitative estimate of drug-likeness (QED) is 0.781. The summed E-state index contributed by atoms with van der Waals surface area (Å²) in [4.78, 5) is 30.1. The molecule has 3 N–H and O–H groups in total. The lowest BCUT2D eigenvalue weighted by Crippen LogP contribution is -2.41. The first kappa shape index (κ1) is 13.5. The minimum Gasteiger partial charge on any atom is -0.480 e. The molecule has 1 unspecified atom stereocenters. The van der Waals surface area contributed by atoms with E-state index in [1.54, 1.807) is 0 Å². The summed E-state index contributed by atoms with van der Waals surface area (Å²) in [5.74, 6) is -1.93. The highest BCUT2D eigenvalue weighted by Gasteiger charge is 2.30. The lowest BCUT2D eigenvalue weighted by Gasteiger charge is -2.14. The van der Waals surface area contributed by atoms with Crippen LogP contribution < -0.4 is 5.32 Å². The van der Waals surface area contributed by atoms with Crippen molar-refractivity contribution in [2.24, 2.45) is 5.92 Å². The topological polar surface area (TPSA) is 95.1 Å². The van der Waals surface area contributed by atoms with Crippen LogP contribution in [0, 0.1) is 11.7 Å². The molecule has 1 saturated carbocycles. The highest BCUT2D eigenvalue weighted by molar-refractivity contribution is 6.05. The summed E-state index contributed by atoms with van der Waals surface area (Å²) in [5.41, 5.74) is 0.756. The maximum absolute atomic E-state index is 13.5. The van der Waals surface area contributed by atoms with Crippen LogP contribution in [0.3, 0.4) is 0 Å². The number of carbonyl (C=O) groups excluding carboxylic acids is 1. The van der Waals surface area contributed by atoms with Crippen LogP contribution in [-0.2, 0) is 4.79 Å². The number of aliphatic carboxylic acids is 1. The van der Waals surface area contributed by atoms with Gasteiger partial charge < -0.3 is 15.4 Å². The molecule has 21 heavy (non-hydrogen) atoms. The Kier molecular flexibility index (Phi) is 3.32. The van der Waals surface area contributed by atoms with E-state index in [1.807, 2.05) is 0 Å². The van der Waals surface area contributed by atoms with Crippen molar-refractivity contribution in [3.8, 4) is 0 Å². The van der Waals surface area contributed by atoms with Crippen LogP contribution in [0.4, 0.5) is 4.39 Å². The molecular weight excluding hydrogens is 277 g/mol. The molecule has 1 fully saturated rings. The molecule has 6 nitrogen and oxygen atoms in total. The molecule has 110 valence electrons. The summed E-state index contributed by atoms with van der Waals surface area (Å²) in [6.45, 7) is 0. The molecule has 0 spiro atoms. The van der Waals surface area contributed by atoms with Crippen molar-refractivity contribution >= 4 is 22.9 Å². The number of amides is 1. The molecule has 1 heterocycles. The van der Waals surface area contributed by atoms with Crippen LogP contribution in [0.2, 0.25) is 0 Å². The molecule has 3 rings (SSSR count). The van der Waals surface area contributed by atoms with Gasteiger partial charge in [-0.05, 0) is 24.5 Å². The number of hydrogen-bond donors (Lipinski definition) is 3. The lowest BCUT2D eigenvalue weighted by atomic mass is 10.1. The molecule has 1 aromatic heterocycles. The maximum atomic E-state index is 13.5. The number of aromatic nitrogens is 2. The number of aromatic amines is 1. The van der Waals surface area contributed by atoms with Crippen molar-refractivity contribution in [2.45, 2.75) is 25.3 Å². The number of carbonyl (C=O) groups is 2. The van der Waals surface area contributed by atoms with E-state index >= 15 is 0 Å². The SMILES string of the molecule is O=C(NC(CC1CC1)C(=O)O)c1cc(F)cc2[nH]cnc12. The molecule has 1 aliphatic rings. The van der Waals surface area contributed by atoms with Gasteiger partial charge in [0.1, 0.15) is 17.4 Å². The zero-order valence-corrected chi connectivity index (χ0v) is 11.1. The first-order valence-electron chi connectivity index (χ1n) is 6.71. The maximum Gasteiger partial charge on any atom is 0.326 e. The van der Waals surface area contributed by atoms with Crippen molar-refractivity contribution in [3.63, 3.8) is 0 Å². The van der Waals surface area contributed by atoms with Crippen LogP contribution in [0.1, 0.15) is 29.6 Å². The molecule has 2 aromatic rings. The van der Waals surface area contributed by atoms with E-state index in [9.17, 15) is 14.0 Å². The Balaban J connectivity index is 1.85. The number of nitrogens with zero attached hydrogens (tertiary/aromatic N) is 1. The highest BCUT2D eigenvalue weighted by atomic mass is 19.1. The molecular formula is C14H14FN3O3. The van der Waals surface area contributed by atoms with Gasteiger partial charge in [-0.3, -0.25) is 4.79 Å². The van der Waals surface area contributed by atoms with Crippen molar-refractivity contribution in [3.05, 3.63) is 29.8 Å². The van der Waals surface area contributed by atoms with E-state index in [0.717, 1.165) is 18.9 Å². The molecule has 0 radical (unpaired) electrons. The molecule has 7 heteroatoms. The van der Waals surface area contributed by atoms with Gasteiger partial charge in [-0.2, -0.15) is 0 Å². The summed E-state index contributed by atoms with van der Waals surface area (Å²) in [6, 6.07) is 1.34. The van der Waals surface area contributed by atoms with E-state index in [0.29, 0.717) is 23.4 Å². The Hall–Kier alpha value is -2.44. The summed E-state index contributed by atoms with van der Waals surface area (Å²) in [5, 5.41) is 11.6. The molecule has 1 aliphatic carbocycles. The van der Waals surface area contributed by atoms with E-state index in [4.69, 9.17) is 5.11 Å². The van der Waals surface area contributed by atoms with Crippen molar-refractivity contribution in [1.29, 1.82) is 0 Å². The minimum absolute atomic E-state index is 0.0355. The number of hydrogen-bond acceptors (Lipinski definition) is 3. The summed E-state index contributed by atoms with van der Waals surface area (Å²) in [6.07, 6.45) is 3.74. The number of imidazole rings is 1. The Morgan fingerprint density at radius 1 is 1.48 bits per heavy atom. The molecule has 1 aromatic carbocycles. The predicted octanol–water partition coefficient (Wildman–Crippen LogP) is 1.69. The second-order valence-electron chi connectivity index (χ2n) is 5.30. The van der Waals surface area contributed by atoms with E-state index in [1.165, 1.54) is 12.4 Å². The van der Waals surface area contributed by atoms with Gasteiger partial charge in [0, 0.05) is 0 Å². The zero-order chi connectivity index (χ0) is 15.0. The predicted molar refractivity (Wildman–Crippen MR) is 72.3 cm³/mol. The molecule has 1 amide bonds. The number of fused-ring (bicyclic) bond motifs is 1. The first-order chi connectivity index (χ1) is 10.0. The van der Waals surface area contributed by atoms with Gasteiger partial charge in [-0.25, -0.2) is 14.2 Å². The normalized spacial score (nSPS) is 15.9. The third kappa shape index (κ3) is 2.86. The largest absolute Gasteiger partial charge is 0.480 e. The number of nitrogens with one attached hydrogen (secondary N) is 2. The van der Waals surface area contributed by atoms with E-state index in [2.05, 4.69) is 15.3 Å². The number of carboxylic acids is 1. The van der Waals surface area contributed by atoms with Gasteiger partial charge in [0.15, 0.2) is 0 Å². The summed E-state index contributed by atoms with van der Waals surface area (Å²) < 4.78 is 13.5. The zero-order valence-electron chi connectivity index (χ0n) is 11.1. The van der Waals surface area contributed by atoms with Crippen LogP contribution in [0.15, 0.2) is 18.5 Å². The van der Waals surface area contributed by atoms with Crippen LogP contribution >= 0.6 is 0 Å². The van der Waals surface area contributed by atoms with Crippen LogP contribution in [-0.4, -0.2) is 33.0 Å². The average molecular weight is 291 g/mol. The molecule has 1 atom stereocenters. The van der Waals surface area contributed by atoms with E-state index in [-0.39, 0.29) is 5.56 Å². The fourth-order valence-electron chi connectivity index (χ4n) is 2.33. The van der Waals surface area contributed by atoms with Crippen LogP contribution in [0.5, 0.6) is 0 Å². The Morgan fingerprint density at radius 3 is 2.90 bits per heavy atom. The third-order valence-corrected chi connectivity index (χ3v) is 3.60. The van der Waals surface area contributed by atoms with E-state index < -0.39 is 23.7 Å². The van der Waals surface area contributed by atoms with Crippen LogP contribution in [0.25, 0.3) is 11.0 Å². The Bertz CT molecular complexity index is 709. The monoisotopic (exact) mass is 291 g/mol. The van der Waals surface area contributed by atoms with Gasteiger partial charge in [0.2, 0.25) is 0 Å². The highest BCUT2D eigenvalue weighted by Crippen LogP contribution is 2.33. The summed E-state index contributed by atoms with van der Waals surface area (Å²) in [7, 11) is 0. The lowest BCUT2D eigenvalue weighted by molar-refractivity contribution is -0.139. The standard InChI is InChI=1S/C14H14FN3O3/c15-8-4-9(12-10(5-8)16-6-17-12)13(19)18-11(14(20)21)3-7-1-2-7/h4-7,11H,1-3H2,(H,16,17)(H,18,19)(H,20,21). The molecule has 0 bridgehead atoms. The Labute approximate surface area is 119 Å². The molecule has 0 aliphatic heterocycles. The van der Waals surface area contributed by atoms with Gasteiger partial charge in [0.25, 0.3) is 5.91 Å². The van der Waals surface area contributed by atoms with Gasteiger partial charge >= 0.3 is 5.97 Å². The van der Waals surface area contributed by atoms with Crippen molar-refractivity contribution < 1.29 is 19.1 Å². The van der Waals surface area contributed by atoms with Crippen molar-refractivity contribution in [1.82, 2.24) is 15.3 Å². The minimum atomic E-state index is -1.08. The Morgan fingerprint density at radius 2 is 2.24 bits per heavy atom. The second kappa shape index (κ2) is 5.16. The first-order valence-corrected chi connectivity index (χ1v) is 6.71. The molecule has 0 saturated heterocycles. The number of H-pyrrole nitrogens is 1. The number of rotatable bonds is 5. The average Bonchev–Trinajstić information content (AvgIpc) is 3.12. The number of benzene rings is 1. The second-order valence-corrected chi connectivity index (χ2v) is 5.30. The summed E-state index contributed by atoms with van der Waals surface area (Å²) >= 11 is 0.